The Morgan fingerprint density at radius 2 is 1.00 bits per heavy atom. The summed E-state index contributed by atoms with van der Waals surface area (Å²) in [5, 5.41) is 5.12. The number of rotatable bonds is 4. The number of aromatic nitrogens is 1. The topological polar surface area (TPSA) is 8.17 Å². The fourth-order valence-corrected chi connectivity index (χ4v) is 6.92. The molecule has 0 atom stereocenters. The van der Waals surface area contributed by atoms with E-state index in [0.717, 1.165) is 17.1 Å². The minimum atomic E-state index is 1.14. The zero-order valence-corrected chi connectivity index (χ0v) is 22.0. The lowest BCUT2D eigenvalue weighted by Crippen LogP contribution is -2.09. The quantitative estimate of drug-likeness (QED) is 0.226. The number of para-hydroxylation sites is 3. The molecule has 39 heavy (non-hydrogen) atoms. The molecule has 0 radical (unpaired) electrons. The van der Waals surface area contributed by atoms with E-state index in [-0.39, 0.29) is 0 Å². The van der Waals surface area contributed by atoms with Gasteiger partial charge in [0.05, 0.1) is 11.0 Å². The molecule has 8 aromatic rings. The Morgan fingerprint density at radius 1 is 0.410 bits per heavy atom. The summed E-state index contributed by atoms with van der Waals surface area (Å²) in [6, 6.07) is 52.4. The van der Waals surface area contributed by atoms with Gasteiger partial charge in [0.25, 0.3) is 0 Å². The molecular formula is C36H24N2S. The number of nitrogens with zero attached hydrogens (tertiary/aromatic N) is 2. The van der Waals surface area contributed by atoms with Crippen LogP contribution in [0, 0.1) is 0 Å². The molecule has 184 valence electrons. The molecule has 0 spiro atoms. The lowest BCUT2D eigenvalue weighted by Gasteiger charge is -2.26. The van der Waals surface area contributed by atoms with Crippen LogP contribution in [0.2, 0.25) is 0 Å². The molecule has 8 rings (SSSR count). The number of anilines is 3. The van der Waals surface area contributed by atoms with Crippen LogP contribution in [0.3, 0.4) is 0 Å². The van der Waals surface area contributed by atoms with Crippen LogP contribution >= 0.6 is 11.3 Å². The van der Waals surface area contributed by atoms with E-state index in [1.54, 1.807) is 0 Å². The third kappa shape index (κ3) is 3.55. The Balaban J connectivity index is 1.38. The molecule has 6 aromatic carbocycles. The maximum Gasteiger partial charge on any atom is 0.0542 e. The SMILES string of the molecule is c1ccc(N(c2ccc3sc4ccccc4c3c2)c2ccc3c(c2)c2ccccc2n3-c2ccccc2)cc1. The highest BCUT2D eigenvalue weighted by atomic mass is 32.1. The minimum absolute atomic E-state index is 1.14. The van der Waals surface area contributed by atoms with Crippen LogP contribution in [-0.4, -0.2) is 4.57 Å². The first-order chi connectivity index (χ1) is 19.3. The van der Waals surface area contributed by atoms with E-state index in [1.165, 1.54) is 47.7 Å². The van der Waals surface area contributed by atoms with Crippen LogP contribution in [0.25, 0.3) is 47.7 Å². The fraction of sp³-hybridized carbons (Fsp3) is 0. The van der Waals surface area contributed by atoms with Crippen molar-refractivity contribution in [2.75, 3.05) is 4.90 Å². The lowest BCUT2D eigenvalue weighted by atomic mass is 10.1. The second kappa shape index (κ2) is 8.87. The number of hydrogen-bond acceptors (Lipinski definition) is 2. The van der Waals surface area contributed by atoms with Crippen molar-refractivity contribution in [1.82, 2.24) is 4.57 Å². The normalized spacial score (nSPS) is 11.6. The number of thiophene rings is 1. The zero-order chi connectivity index (χ0) is 25.8. The van der Waals surface area contributed by atoms with Gasteiger partial charge in [-0.3, -0.25) is 0 Å². The summed E-state index contributed by atoms with van der Waals surface area (Å²) in [4.78, 5) is 2.37. The van der Waals surface area contributed by atoms with E-state index in [1.807, 2.05) is 11.3 Å². The second-order valence-electron chi connectivity index (χ2n) is 9.84. The van der Waals surface area contributed by atoms with Gasteiger partial charge in [0, 0.05) is 53.7 Å². The number of fused-ring (bicyclic) bond motifs is 6. The van der Waals surface area contributed by atoms with Crippen molar-refractivity contribution in [2.24, 2.45) is 0 Å². The summed E-state index contributed by atoms with van der Waals surface area (Å²) in [5.74, 6) is 0. The smallest absolute Gasteiger partial charge is 0.0542 e. The van der Waals surface area contributed by atoms with Crippen molar-refractivity contribution in [2.45, 2.75) is 0 Å². The van der Waals surface area contributed by atoms with Gasteiger partial charge in [-0.1, -0.05) is 72.8 Å². The van der Waals surface area contributed by atoms with Crippen LogP contribution in [-0.2, 0) is 0 Å². The summed E-state index contributed by atoms with van der Waals surface area (Å²) in [6.45, 7) is 0. The van der Waals surface area contributed by atoms with Crippen LogP contribution < -0.4 is 4.90 Å². The van der Waals surface area contributed by atoms with Gasteiger partial charge in [-0.2, -0.15) is 0 Å². The Morgan fingerprint density at radius 3 is 1.82 bits per heavy atom. The zero-order valence-electron chi connectivity index (χ0n) is 21.2. The van der Waals surface area contributed by atoms with Gasteiger partial charge >= 0.3 is 0 Å². The summed E-state index contributed by atoms with van der Waals surface area (Å²) in [7, 11) is 0. The van der Waals surface area contributed by atoms with E-state index < -0.39 is 0 Å². The molecule has 0 amide bonds. The van der Waals surface area contributed by atoms with Gasteiger partial charge in [-0.25, -0.2) is 0 Å². The first-order valence-electron chi connectivity index (χ1n) is 13.2. The van der Waals surface area contributed by atoms with Crippen LogP contribution in [0.15, 0.2) is 146 Å². The minimum Gasteiger partial charge on any atom is -0.310 e. The van der Waals surface area contributed by atoms with E-state index in [9.17, 15) is 0 Å². The molecule has 0 aliphatic carbocycles. The van der Waals surface area contributed by atoms with Gasteiger partial charge in [0.15, 0.2) is 0 Å². The van der Waals surface area contributed by atoms with E-state index in [0.29, 0.717) is 0 Å². The van der Waals surface area contributed by atoms with Gasteiger partial charge in [-0.05, 0) is 72.8 Å². The molecule has 2 nitrogen and oxygen atoms in total. The Hall–Kier alpha value is -4.86. The molecule has 2 aromatic heterocycles. The molecule has 0 unspecified atom stereocenters. The van der Waals surface area contributed by atoms with Crippen LogP contribution in [0.5, 0.6) is 0 Å². The number of hydrogen-bond donors (Lipinski definition) is 0. The molecule has 0 saturated carbocycles. The van der Waals surface area contributed by atoms with Gasteiger partial charge in [0.1, 0.15) is 0 Å². The van der Waals surface area contributed by atoms with Gasteiger partial charge < -0.3 is 9.47 Å². The van der Waals surface area contributed by atoms with Crippen molar-refractivity contribution < 1.29 is 0 Å². The average molecular weight is 517 g/mol. The summed E-state index contributed by atoms with van der Waals surface area (Å²) >= 11 is 1.86. The van der Waals surface area contributed by atoms with Crippen molar-refractivity contribution in [3.05, 3.63) is 146 Å². The summed E-state index contributed by atoms with van der Waals surface area (Å²) in [6.07, 6.45) is 0. The standard InChI is InChI=1S/C36H24N2S/c1-3-11-25(12-4-1)37(28-20-22-36-32(24-28)30-16-8-10-18-35(30)39-36)27-19-21-34-31(23-27)29-15-7-9-17-33(29)38(34)26-13-5-2-6-14-26/h1-24H. The van der Waals surface area contributed by atoms with E-state index in [4.69, 9.17) is 0 Å². The van der Waals surface area contributed by atoms with Crippen molar-refractivity contribution in [3.63, 3.8) is 0 Å². The molecule has 0 fully saturated rings. The molecular weight excluding hydrogens is 492 g/mol. The summed E-state index contributed by atoms with van der Waals surface area (Å²) in [5.41, 5.74) is 7.03. The first-order valence-corrected chi connectivity index (χ1v) is 14.0. The largest absolute Gasteiger partial charge is 0.310 e. The second-order valence-corrected chi connectivity index (χ2v) is 10.9. The maximum atomic E-state index is 2.37. The highest BCUT2D eigenvalue weighted by Crippen LogP contribution is 2.42. The lowest BCUT2D eigenvalue weighted by molar-refractivity contribution is 1.18. The average Bonchev–Trinajstić information content (AvgIpc) is 3.54. The Labute approximate surface area is 230 Å². The highest BCUT2D eigenvalue weighted by Gasteiger charge is 2.18. The fourth-order valence-electron chi connectivity index (χ4n) is 5.83. The van der Waals surface area contributed by atoms with Crippen molar-refractivity contribution in [3.8, 4) is 5.69 Å². The van der Waals surface area contributed by atoms with Crippen LogP contribution in [0.1, 0.15) is 0 Å². The van der Waals surface area contributed by atoms with E-state index >= 15 is 0 Å². The molecule has 0 bridgehead atoms. The van der Waals surface area contributed by atoms with E-state index in [2.05, 4.69) is 155 Å². The highest BCUT2D eigenvalue weighted by molar-refractivity contribution is 7.25. The molecule has 0 N–H and O–H groups in total. The monoisotopic (exact) mass is 516 g/mol. The molecule has 2 heterocycles. The third-order valence-electron chi connectivity index (χ3n) is 7.56. The maximum absolute atomic E-state index is 2.37. The van der Waals surface area contributed by atoms with Crippen LogP contribution in [0.4, 0.5) is 17.1 Å². The predicted octanol–water partition coefficient (Wildman–Crippen LogP) is 10.6. The van der Waals surface area contributed by atoms with Crippen molar-refractivity contribution in [1.29, 1.82) is 0 Å². The van der Waals surface area contributed by atoms with Crippen molar-refractivity contribution >= 4 is 70.4 Å². The Bertz CT molecular complexity index is 2120. The molecule has 3 heteroatoms. The van der Waals surface area contributed by atoms with Gasteiger partial charge in [0.2, 0.25) is 0 Å². The Kier molecular flexibility index (Phi) is 5.04. The first kappa shape index (κ1) is 22.2. The van der Waals surface area contributed by atoms with Gasteiger partial charge in [-0.15, -0.1) is 11.3 Å². The molecule has 0 aliphatic rings. The molecule has 0 saturated heterocycles. The number of benzene rings is 6. The third-order valence-corrected chi connectivity index (χ3v) is 8.71. The predicted molar refractivity (Wildman–Crippen MR) is 168 cm³/mol. The molecule has 0 aliphatic heterocycles. The summed E-state index contributed by atoms with van der Waals surface area (Å²) < 4.78 is 5.01.